The van der Waals surface area contributed by atoms with Crippen molar-refractivity contribution in [3.8, 4) is 0 Å². The minimum Gasteiger partial charge on any atom is -0.509 e. The van der Waals surface area contributed by atoms with Gasteiger partial charge in [-0.25, -0.2) is 4.98 Å². The molecule has 2 N–H and O–H groups in total. The monoisotopic (exact) mass is 281 g/mol. The fourth-order valence-electron chi connectivity index (χ4n) is 2.11. The summed E-state index contributed by atoms with van der Waals surface area (Å²) in [6, 6.07) is -0.188. The Morgan fingerprint density at radius 2 is 2.32 bits per heavy atom. The van der Waals surface area contributed by atoms with Gasteiger partial charge in [0, 0.05) is 19.0 Å². The molecule has 0 aliphatic carbocycles. The van der Waals surface area contributed by atoms with Crippen LogP contribution < -0.4 is 0 Å². The van der Waals surface area contributed by atoms with Crippen LogP contribution in [0.3, 0.4) is 0 Å². The molecule has 0 saturated heterocycles. The summed E-state index contributed by atoms with van der Waals surface area (Å²) in [5, 5.41) is 21.2. The predicted octanol–water partition coefficient (Wildman–Crippen LogP) is 2.30. The van der Waals surface area contributed by atoms with E-state index in [2.05, 4.69) is 4.98 Å². The molecule has 0 fully saturated rings. The maximum Gasteiger partial charge on any atom is 0.135 e. The number of ether oxygens (including phenoxy) is 1. The number of amidine groups is 1. The number of thiazole rings is 1. The molecule has 19 heavy (non-hydrogen) atoms. The Balaban J connectivity index is 2.27. The number of hydrogen-bond acceptors (Lipinski definition) is 5. The lowest BCUT2D eigenvalue weighted by atomic mass is 10.2. The van der Waals surface area contributed by atoms with E-state index in [4.69, 9.17) is 10.1 Å². The van der Waals surface area contributed by atoms with Crippen LogP contribution in [-0.2, 0) is 11.2 Å². The van der Waals surface area contributed by atoms with Gasteiger partial charge in [0.2, 0.25) is 0 Å². The van der Waals surface area contributed by atoms with Gasteiger partial charge in [0.1, 0.15) is 16.6 Å². The van der Waals surface area contributed by atoms with Crippen LogP contribution in [-0.4, -0.2) is 47.1 Å². The van der Waals surface area contributed by atoms with Crippen LogP contribution in [0.4, 0.5) is 0 Å². The molecule has 0 saturated carbocycles. The molecular formula is C13H19N3O2S. The third-order valence-electron chi connectivity index (χ3n) is 3.31. The minimum atomic E-state index is -0.188. The molecule has 1 atom stereocenters. The highest BCUT2D eigenvalue weighted by molar-refractivity contribution is 7.11. The van der Waals surface area contributed by atoms with E-state index in [0.717, 1.165) is 17.1 Å². The van der Waals surface area contributed by atoms with Crippen LogP contribution in [0, 0.1) is 5.41 Å². The Kier molecular flexibility index (Phi) is 4.21. The second-order valence-electron chi connectivity index (χ2n) is 4.47. The van der Waals surface area contributed by atoms with E-state index in [1.165, 1.54) is 11.3 Å². The normalized spacial score (nSPS) is 19.6. The lowest BCUT2D eigenvalue weighted by molar-refractivity contribution is 0.164. The summed E-state index contributed by atoms with van der Waals surface area (Å²) in [6.45, 7) is 5.06. The van der Waals surface area contributed by atoms with Crippen molar-refractivity contribution in [1.82, 2.24) is 9.88 Å². The summed E-state index contributed by atoms with van der Waals surface area (Å²) in [4.78, 5) is 6.30. The smallest absolute Gasteiger partial charge is 0.135 e. The molecule has 1 unspecified atom stereocenters. The van der Waals surface area contributed by atoms with Crippen molar-refractivity contribution in [2.75, 3.05) is 20.3 Å². The SMILES string of the molecule is CCc1csc(C2=C(O)C(C)N(CCOC)C2=N)n1. The molecule has 0 radical (unpaired) electrons. The quantitative estimate of drug-likeness (QED) is 0.869. The summed E-state index contributed by atoms with van der Waals surface area (Å²) >= 11 is 1.48. The summed E-state index contributed by atoms with van der Waals surface area (Å²) in [5.41, 5.74) is 1.56. The number of aliphatic hydroxyl groups excluding tert-OH is 1. The van der Waals surface area contributed by atoms with Gasteiger partial charge in [-0.1, -0.05) is 6.92 Å². The highest BCUT2D eigenvalue weighted by Gasteiger charge is 2.35. The highest BCUT2D eigenvalue weighted by Crippen LogP contribution is 2.33. The molecule has 1 aliphatic rings. The maximum atomic E-state index is 10.3. The van der Waals surface area contributed by atoms with Gasteiger partial charge >= 0.3 is 0 Å². The third-order valence-corrected chi connectivity index (χ3v) is 4.22. The first-order chi connectivity index (χ1) is 9.10. The number of hydrogen-bond donors (Lipinski definition) is 2. The second kappa shape index (κ2) is 5.71. The zero-order valence-corrected chi connectivity index (χ0v) is 12.3. The van der Waals surface area contributed by atoms with E-state index in [1.54, 1.807) is 7.11 Å². The standard InChI is InChI=1S/C13H19N3O2S/c1-4-9-7-19-13(15-9)10-11(17)8(2)16(12(10)14)5-6-18-3/h7-8,14,17H,4-6H2,1-3H3. The average Bonchev–Trinajstić information content (AvgIpc) is 2.94. The van der Waals surface area contributed by atoms with E-state index in [9.17, 15) is 5.11 Å². The van der Waals surface area contributed by atoms with Crippen LogP contribution in [0.1, 0.15) is 24.5 Å². The van der Waals surface area contributed by atoms with Crippen molar-refractivity contribution >= 4 is 22.7 Å². The zero-order chi connectivity index (χ0) is 14.0. The van der Waals surface area contributed by atoms with Gasteiger partial charge < -0.3 is 14.7 Å². The van der Waals surface area contributed by atoms with Gasteiger partial charge in [-0.2, -0.15) is 0 Å². The first-order valence-electron chi connectivity index (χ1n) is 6.32. The van der Waals surface area contributed by atoms with Crippen LogP contribution in [0.15, 0.2) is 11.1 Å². The van der Waals surface area contributed by atoms with E-state index in [1.807, 2.05) is 24.1 Å². The fourth-order valence-corrected chi connectivity index (χ4v) is 3.06. The van der Waals surface area contributed by atoms with E-state index >= 15 is 0 Å². The Labute approximate surface area is 117 Å². The molecule has 5 nitrogen and oxygen atoms in total. The second-order valence-corrected chi connectivity index (χ2v) is 5.33. The third kappa shape index (κ3) is 2.50. The molecule has 2 heterocycles. The lowest BCUT2D eigenvalue weighted by Crippen LogP contribution is -2.35. The summed E-state index contributed by atoms with van der Waals surface area (Å²) in [5.74, 6) is 0.567. The van der Waals surface area contributed by atoms with Crippen molar-refractivity contribution in [2.24, 2.45) is 0 Å². The lowest BCUT2D eigenvalue weighted by Gasteiger charge is -2.23. The van der Waals surface area contributed by atoms with Crippen molar-refractivity contribution in [1.29, 1.82) is 5.41 Å². The molecule has 0 amide bonds. The Morgan fingerprint density at radius 1 is 1.58 bits per heavy atom. The molecule has 1 aliphatic heterocycles. The van der Waals surface area contributed by atoms with Crippen molar-refractivity contribution in [2.45, 2.75) is 26.3 Å². The first-order valence-corrected chi connectivity index (χ1v) is 7.20. The first kappa shape index (κ1) is 14.0. The summed E-state index contributed by atoms with van der Waals surface area (Å²) in [6.07, 6.45) is 0.862. The Bertz CT molecular complexity index is 510. The van der Waals surface area contributed by atoms with E-state index in [-0.39, 0.29) is 11.8 Å². The van der Waals surface area contributed by atoms with Crippen LogP contribution in [0.2, 0.25) is 0 Å². The molecule has 2 rings (SSSR count). The van der Waals surface area contributed by atoms with Gasteiger partial charge in [-0.15, -0.1) is 11.3 Å². The van der Waals surface area contributed by atoms with Crippen molar-refractivity contribution < 1.29 is 9.84 Å². The maximum absolute atomic E-state index is 10.3. The van der Waals surface area contributed by atoms with Crippen molar-refractivity contribution in [3.63, 3.8) is 0 Å². The number of aromatic nitrogens is 1. The Hall–Kier alpha value is -1.40. The molecule has 6 heteroatoms. The number of aliphatic hydroxyl groups is 1. The highest BCUT2D eigenvalue weighted by atomic mass is 32.1. The van der Waals surface area contributed by atoms with Gasteiger partial charge in [0.25, 0.3) is 0 Å². The molecular weight excluding hydrogens is 262 g/mol. The molecule has 0 aromatic carbocycles. The number of methoxy groups -OCH3 is 1. The summed E-state index contributed by atoms with van der Waals surface area (Å²) < 4.78 is 5.05. The van der Waals surface area contributed by atoms with Crippen LogP contribution >= 0.6 is 11.3 Å². The summed E-state index contributed by atoms with van der Waals surface area (Å²) in [7, 11) is 1.63. The fraction of sp³-hybridized carbons (Fsp3) is 0.538. The van der Waals surface area contributed by atoms with E-state index < -0.39 is 0 Å². The largest absolute Gasteiger partial charge is 0.509 e. The molecule has 104 valence electrons. The van der Waals surface area contributed by atoms with E-state index in [0.29, 0.717) is 24.6 Å². The van der Waals surface area contributed by atoms with Crippen LogP contribution in [0.25, 0.3) is 5.57 Å². The average molecular weight is 281 g/mol. The zero-order valence-electron chi connectivity index (χ0n) is 11.4. The number of nitrogens with one attached hydrogen (secondary N) is 1. The predicted molar refractivity (Wildman–Crippen MR) is 76.8 cm³/mol. The van der Waals surface area contributed by atoms with Crippen molar-refractivity contribution in [3.05, 3.63) is 21.8 Å². The van der Waals surface area contributed by atoms with Gasteiger partial charge in [0.05, 0.1) is 23.9 Å². The molecule has 0 bridgehead atoms. The molecule has 1 aromatic rings. The molecule has 1 aromatic heterocycles. The topological polar surface area (TPSA) is 69.4 Å². The number of aryl methyl sites for hydroxylation is 1. The molecule has 0 spiro atoms. The van der Waals surface area contributed by atoms with Crippen LogP contribution in [0.5, 0.6) is 0 Å². The number of nitrogens with zero attached hydrogens (tertiary/aromatic N) is 2. The van der Waals surface area contributed by atoms with Gasteiger partial charge in [-0.3, -0.25) is 5.41 Å². The number of rotatable bonds is 5. The van der Waals surface area contributed by atoms with Gasteiger partial charge in [-0.05, 0) is 13.3 Å². The Morgan fingerprint density at radius 3 is 2.89 bits per heavy atom. The minimum absolute atomic E-state index is 0.188. The van der Waals surface area contributed by atoms with Gasteiger partial charge in [0.15, 0.2) is 0 Å².